The van der Waals surface area contributed by atoms with E-state index in [1.54, 1.807) is 18.2 Å². The summed E-state index contributed by atoms with van der Waals surface area (Å²) < 4.78 is 40.7. The lowest BCUT2D eigenvalue weighted by Crippen LogP contribution is -2.49. The van der Waals surface area contributed by atoms with E-state index in [-0.39, 0.29) is 4.90 Å². The fourth-order valence-corrected chi connectivity index (χ4v) is 5.49. The minimum Gasteiger partial charge on any atom is -0.486 e. The molecule has 1 saturated carbocycles. The second kappa shape index (κ2) is 7.06. The van der Waals surface area contributed by atoms with E-state index in [1.165, 1.54) is 4.31 Å². The Morgan fingerprint density at radius 3 is 2.45 bits per heavy atom. The summed E-state index contributed by atoms with van der Waals surface area (Å²) in [7, 11) is -3.61. The maximum Gasteiger partial charge on any atom is 0.243 e. The molecular formula is C20H22N6O4S. The maximum atomic E-state index is 13.2. The van der Waals surface area contributed by atoms with E-state index in [1.807, 2.05) is 16.6 Å². The largest absolute Gasteiger partial charge is 0.486 e. The Balaban J connectivity index is 1.20. The third-order valence-electron chi connectivity index (χ3n) is 5.93. The molecule has 0 unspecified atom stereocenters. The van der Waals surface area contributed by atoms with Gasteiger partial charge in [0.2, 0.25) is 10.0 Å². The molecule has 4 heterocycles. The monoisotopic (exact) mass is 442 g/mol. The number of sulfonamides is 1. The molecule has 0 spiro atoms. The molecule has 11 heteroatoms. The number of hydrogen-bond donors (Lipinski definition) is 0. The van der Waals surface area contributed by atoms with Gasteiger partial charge in [-0.1, -0.05) is 0 Å². The molecule has 0 radical (unpaired) electrons. The van der Waals surface area contributed by atoms with Crippen molar-refractivity contribution in [2.45, 2.75) is 23.7 Å². The van der Waals surface area contributed by atoms with Crippen molar-refractivity contribution in [2.75, 3.05) is 44.3 Å². The Hall–Kier alpha value is -2.92. The Bertz CT molecular complexity index is 1250. The van der Waals surface area contributed by atoms with E-state index >= 15 is 0 Å². The normalized spacial score (nSPS) is 19.7. The van der Waals surface area contributed by atoms with Crippen molar-refractivity contribution in [3.8, 4) is 11.5 Å². The van der Waals surface area contributed by atoms with Gasteiger partial charge in [-0.25, -0.2) is 8.42 Å². The molecule has 3 aromatic rings. The predicted molar refractivity (Wildman–Crippen MR) is 111 cm³/mol. The molecule has 10 nitrogen and oxygen atoms in total. The first-order valence-electron chi connectivity index (χ1n) is 10.5. The van der Waals surface area contributed by atoms with Crippen LogP contribution >= 0.6 is 0 Å². The molecule has 1 aliphatic carbocycles. The molecule has 31 heavy (non-hydrogen) atoms. The van der Waals surface area contributed by atoms with Crippen molar-refractivity contribution in [2.24, 2.45) is 0 Å². The smallest absolute Gasteiger partial charge is 0.243 e. The highest BCUT2D eigenvalue weighted by Gasteiger charge is 2.32. The summed E-state index contributed by atoms with van der Waals surface area (Å²) in [6.07, 6.45) is 2.26. The first kappa shape index (κ1) is 18.8. The number of benzene rings is 1. The Morgan fingerprint density at radius 2 is 1.68 bits per heavy atom. The summed E-state index contributed by atoms with van der Waals surface area (Å²) in [5.41, 5.74) is 0.741. The van der Waals surface area contributed by atoms with Crippen molar-refractivity contribution in [1.29, 1.82) is 0 Å². The summed E-state index contributed by atoms with van der Waals surface area (Å²) in [6.45, 7) is 2.77. The predicted octanol–water partition coefficient (Wildman–Crippen LogP) is 1.28. The lowest BCUT2D eigenvalue weighted by Gasteiger charge is -2.34. The molecule has 162 valence electrons. The van der Waals surface area contributed by atoms with Crippen molar-refractivity contribution in [3.63, 3.8) is 0 Å². The standard InChI is InChI=1S/C20H22N6O4S/c27-31(28,15-3-4-16-17(13-15)30-12-11-29-16)25-9-7-24(8-10-25)19-6-5-18-21-22-20(14-1-2-14)26(18)23-19/h3-6,13-14H,1-2,7-12H2. The van der Waals surface area contributed by atoms with Gasteiger partial charge in [0.1, 0.15) is 19.0 Å². The van der Waals surface area contributed by atoms with E-state index in [2.05, 4.69) is 15.1 Å². The average molecular weight is 443 g/mol. The highest BCUT2D eigenvalue weighted by atomic mass is 32.2. The number of fused-ring (bicyclic) bond motifs is 2. The van der Waals surface area contributed by atoms with Gasteiger partial charge >= 0.3 is 0 Å². The second-order valence-corrected chi connectivity index (χ2v) is 9.93. The van der Waals surface area contributed by atoms with Gasteiger partial charge in [0, 0.05) is 38.2 Å². The number of nitrogens with zero attached hydrogens (tertiary/aromatic N) is 6. The second-order valence-electron chi connectivity index (χ2n) is 7.99. The first-order chi connectivity index (χ1) is 15.1. The SMILES string of the molecule is O=S(=O)(c1ccc2c(c1)OCCO2)N1CCN(c2ccc3nnc(C4CC4)n3n2)CC1. The quantitative estimate of drug-likeness (QED) is 0.596. The van der Waals surface area contributed by atoms with Crippen LogP contribution in [0, 0.1) is 0 Å². The van der Waals surface area contributed by atoms with Gasteiger partial charge in [-0.3, -0.25) is 0 Å². The van der Waals surface area contributed by atoms with E-state index in [4.69, 9.17) is 14.6 Å². The molecule has 2 aliphatic heterocycles. The van der Waals surface area contributed by atoms with Crippen LogP contribution in [0.4, 0.5) is 5.82 Å². The molecule has 6 rings (SSSR count). The fraction of sp³-hybridized carbons (Fsp3) is 0.450. The minimum atomic E-state index is -3.61. The Labute approximate surface area is 179 Å². The van der Waals surface area contributed by atoms with Crippen LogP contribution in [0.25, 0.3) is 5.65 Å². The zero-order valence-corrected chi connectivity index (χ0v) is 17.7. The van der Waals surface area contributed by atoms with Gasteiger partial charge in [-0.05, 0) is 37.1 Å². The van der Waals surface area contributed by atoms with Crippen LogP contribution in [0.5, 0.6) is 11.5 Å². The van der Waals surface area contributed by atoms with Gasteiger partial charge in [-0.2, -0.15) is 8.82 Å². The van der Waals surface area contributed by atoms with Crippen LogP contribution in [-0.2, 0) is 10.0 Å². The van der Waals surface area contributed by atoms with Gasteiger partial charge in [0.25, 0.3) is 0 Å². The van der Waals surface area contributed by atoms with Crippen LogP contribution < -0.4 is 14.4 Å². The molecule has 3 aliphatic rings. The Morgan fingerprint density at radius 1 is 0.903 bits per heavy atom. The molecular weight excluding hydrogens is 420 g/mol. The van der Waals surface area contributed by atoms with Crippen LogP contribution in [0.15, 0.2) is 35.2 Å². The third kappa shape index (κ3) is 3.28. The summed E-state index contributed by atoms with van der Waals surface area (Å²) in [5.74, 6) is 3.23. The van der Waals surface area contributed by atoms with E-state index in [9.17, 15) is 8.42 Å². The van der Waals surface area contributed by atoms with E-state index in [0.717, 1.165) is 30.1 Å². The lowest BCUT2D eigenvalue weighted by molar-refractivity contribution is 0.171. The molecule has 0 N–H and O–H groups in total. The molecule has 2 aromatic heterocycles. The van der Waals surface area contributed by atoms with Gasteiger partial charge < -0.3 is 14.4 Å². The highest BCUT2D eigenvalue weighted by Crippen LogP contribution is 2.39. The topological polar surface area (TPSA) is 102 Å². The summed E-state index contributed by atoms with van der Waals surface area (Å²) >= 11 is 0. The van der Waals surface area contributed by atoms with Crippen LogP contribution in [0.1, 0.15) is 24.6 Å². The van der Waals surface area contributed by atoms with Gasteiger partial charge in [0.05, 0.1) is 4.90 Å². The van der Waals surface area contributed by atoms with E-state index < -0.39 is 10.0 Å². The van der Waals surface area contributed by atoms with Crippen molar-refractivity contribution >= 4 is 21.5 Å². The number of hydrogen-bond acceptors (Lipinski definition) is 8. The van der Waals surface area contributed by atoms with Gasteiger partial charge in [0.15, 0.2) is 23.0 Å². The highest BCUT2D eigenvalue weighted by molar-refractivity contribution is 7.89. The molecule has 0 bridgehead atoms. The lowest BCUT2D eigenvalue weighted by atomic mass is 10.3. The molecule has 0 atom stereocenters. The molecule has 1 aromatic carbocycles. The summed E-state index contributed by atoms with van der Waals surface area (Å²) in [4.78, 5) is 2.33. The molecule has 0 amide bonds. The van der Waals surface area contributed by atoms with Crippen molar-refractivity contribution in [3.05, 3.63) is 36.2 Å². The van der Waals surface area contributed by atoms with E-state index in [0.29, 0.717) is 56.8 Å². The number of ether oxygens (including phenoxy) is 2. The van der Waals surface area contributed by atoms with Crippen LogP contribution in [-0.4, -0.2) is 71.9 Å². The number of anilines is 1. The maximum absolute atomic E-state index is 13.2. The number of aromatic nitrogens is 4. The molecule has 2 fully saturated rings. The third-order valence-corrected chi connectivity index (χ3v) is 7.82. The summed E-state index contributed by atoms with van der Waals surface area (Å²) in [5, 5.41) is 13.2. The van der Waals surface area contributed by atoms with Crippen molar-refractivity contribution < 1.29 is 17.9 Å². The fourth-order valence-electron chi connectivity index (χ4n) is 4.05. The zero-order chi connectivity index (χ0) is 21.0. The number of rotatable bonds is 4. The zero-order valence-electron chi connectivity index (χ0n) is 16.8. The Kier molecular flexibility index (Phi) is 4.29. The number of piperazine rings is 1. The van der Waals surface area contributed by atoms with Crippen LogP contribution in [0.2, 0.25) is 0 Å². The average Bonchev–Trinajstić information content (AvgIpc) is 3.57. The van der Waals surface area contributed by atoms with Crippen LogP contribution in [0.3, 0.4) is 0 Å². The first-order valence-corrected chi connectivity index (χ1v) is 11.9. The van der Waals surface area contributed by atoms with Crippen molar-refractivity contribution in [1.82, 2.24) is 24.1 Å². The van der Waals surface area contributed by atoms with Gasteiger partial charge in [-0.15, -0.1) is 15.3 Å². The minimum absolute atomic E-state index is 0.225. The summed E-state index contributed by atoms with van der Waals surface area (Å²) in [6, 6.07) is 8.63. The molecule has 1 saturated heterocycles.